The van der Waals surface area contributed by atoms with Gasteiger partial charge in [-0.05, 0) is 34.9 Å². The molecule has 2 rings (SSSR count). The Bertz CT molecular complexity index is 556. The van der Waals surface area contributed by atoms with E-state index in [1.165, 1.54) is 30.5 Å². The van der Waals surface area contributed by atoms with Crippen LogP contribution in [-0.2, 0) is 10.0 Å². The van der Waals surface area contributed by atoms with Gasteiger partial charge in [-0.15, -0.1) is 0 Å². The molecule has 6 heteroatoms. The molecule has 1 N–H and O–H groups in total. The number of aromatic nitrogens is 1. The quantitative estimate of drug-likeness (QED) is 0.834. The van der Waals surface area contributed by atoms with Crippen LogP contribution in [0.15, 0.2) is 35.4 Å². The second-order valence-corrected chi connectivity index (χ2v) is 5.29. The van der Waals surface area contributed by atoms with Crippen LogP contribution in [0.3, 0.4) is 0 Å². The highest BCUT2D eigenvalue weighted by Crippen LogP contribution is 2.26. The minimum Gasteiger partial charge on any atom is -0.360 e. The molecule has 0 aliphatic rings. The third kappa shape index (κ3) is 2.29. The van der Waals surface area contributed by atoms with Gasteiger partial charge in [-0.2, -0.15) is 0 Å². The first-order valence-electron chi connectivity index (χ1n) is 4.30. The number of benzene rings is 1. The van der Waals surface area contributed by atoms with E-state index in [9.17, 15) is 8.60 Å². The molecule has 1 heterocycles. The maximum atomic E-state index is 13.5. The number of rotatable bonds is 2. The molecular weight excluding hydrogens is 272 g/mol. The highest BCUT2D eigenvalue weighted by atomic mass is 35.7. The van der Waals surface area contributed by atoms with Crippen molar-refractivity contribution in [3.63, 3.8) is 0 Å². The summed E-state index contributed by atoms with van der Waals surface area (Å²) in [5, 5.41) is 0.430. The Kier molecular flexibility index (Phi) is 3.33. The lowest BCUT2D eigenvalue weighted by Crippen LogP contribution is -1.83. The van der Waals surface area contributed by atoms with Crippen LogP contribution < -0.4 is 0 Å². The summed E-state index contributed by atoms with van der Waals surface area (Å²) in [6.07, 6.45) is 1.47. The minimum absolute atomic E-state index is 0.320. The van der Waals surface area contributed by atoms with Gasteiger partial charge in [-0.3, -0.25) is 0 Å². The zero-order valence-electron chi connectivity index (χ0n) is 7.84. The molecule has 1 aromatic carbocycles. The van der Waals surface area contributed by atoms with Gasteiger partial charge in [0.15, 0.2) is 0 Å². The van der Waals surface area contributed by atoms with Crippen molar-refractivity contribution in [2.24, 2.45) is 0 Å². The Balaban J connectivity index is 2.50. The lowest BCUT2D eigenvalue weighted by atomic mass is 10.1. The smallest absolute Gasteiger partial charge is 0.149 e. The molecule has 0 bridgehead atoms. The summed E-state index contributed by atoms with van der Waals surface area (Å²) in [7, 11) is 3.80. The van der Waals surface area contributed by atoms with E-state index in [4.69, 9.17) is 22.3 Å². The summed E-state index contributed by atoms with van der Waals surface area (Å²) < 4.78 is 24.5. The average molecular weight is 278 g/mol. The fourth-order valence-corrected chi connectivity index (χ4v) is 2.13. The second-order valence-electron chi connectivity index (χ2n) is 3.10. The van der Waals surface area contributed by atoms with Crippen LogP contribution >= 0.6 is 22.3 Å². The van der Waals surface area contributed by atoms with Gasteiger partial charge in [-0.1, -0.05) is 11.6 Å². The summed E-state index contributed by atoms with van der Waals surface area (Å²) in [5.41, 5.74) is 0.810. The Morgan fingerprint density at radius 2 is 2.06 bits per heavy atom. The van der Waals surface area contributed by atoms with Crippen molar-refractivity contribution >= 4 is 32.3 Å². The van der Waals surface area contributed by atoms with Crippen LogP contribution in [0.4, 0.5) is 4.39 Å². The number of aromatic amines is 1. The molecule has 2 nitrogen and oxygen atoms in total. The van der Waals surface area contributed by atoms with Gasteiger partial charge in [0.05, 0.1) is 4.90 Å². The van der Waals surface area contributed by atoms with Gasteiger partial charge in [0.1, 0.15) is 15.8 Å². The van der Waals surface area contributed by atoms with Crippen LogP contribution in [0, 0.1) is 5.82 Å². The van der Waals surface area contributed by atoms with Crippen molar-refractivity contribution in [3.05, 3.63) is 41.3 Å². The summed E-state index contributed by atoms with van der Waals surface area (Å²) in [6.45, 7) is 0. The van der Waals surface area contributed by atoms with E-state index in [0.29, 0.717) is 21.2 Å². The number of hydrogen-bond acceptors (Lipinski definition) is 1. The van der Waals surface area contributed by atoms with Gasteiger partial charge in [0, 0.05) is 22.5 Å². The van der Waals surface area contributed by atoms with Crippen molar-refractivity contribution in [2.45, 2.75) is 4.90 Å². The second kappa shape index (κ2) is 4.57. The molecule has 1 atom stereocenters. The molecule has 0 fully saturated rings. The first-order chi connectivity index (χ1) is 7.58. The molecule has 0 radical (unpaired) electrons. The van der Waals surface area contributed by atoms with Crippen molar-refractivity contribution < 1.29 is 8.60 Å². The summed E-state index contributed by atoms with van der Waals surface area (Å²) in [4.78, 5) is 3.19. The van der Waals surface area contributed by atoms with E-state index in [2.05, 4.69) is 4.98 Å². The maximum Gasteiger partial charge on any atom is 0.149 e. The van der Waals surface area contributed by atoms with Crippen molar-refractivity contribution in [3.8, 4) is 11.3 Å². The summed E-state index contributed by atoms with van der Waals surface area (Å²) in [5.74, 6) is -0.404. The average Bonchev–Trinajstić information content (AvgIpc) is 2.70. The lowest BCUT2D eigenvalue weighted by molar-refractivity contribution is 0.631. The molecule has 1 aromatic heterocycles. The van der Waals surface area contributed by atoms with E-state index < -0.39 is 15.8 Å². The molecule has 0 aliphatic heterocycles. The predicted molar refractivity (Wildman–Crippen MR) is 63.5 cm³/mol. The first kappa shape index (κ1) is 11.6. The van der Waals surface area contributed by atoms with Crippen LogP contribution in [0.2, 0.25) is 5.02 Å². The topological polar surface area (TPSA) is 32.9 Å². The lowest BCUT2D eigenvalue weighted by Gasteiger charge is -2.00. The largest absolute Gasteiger partial charge is 0.360 e. The zero-order valence-corrected chi connectivity index (χ0v) is 10.2. The zero-order chi connectivity index (χ0) is 11.7. The number of nitrogens with one attached hydrogen (secondary N) is 1. The summed E-state index contributed by atoms with van der Waals surface area (Å²) in [6, 6.07) is 5.75. The van der Waals surface area contributed by atoms with Crippen LogP contribution in [0.25, 0.3) is 11.3 Å². The normalized spacial score (nSPS) is 12.7. The van der Waals surface area contributed by atoms with E-state index in [1.807, 2.05) is 0 Å². The Morgan fingerprint density at radius 1 is 1.31 bits per heavy atom. The Morgan fingerprint density at radius 3 is 2.69 bits per heavy atom. The maximum absolute atomic E-state index is 13.5. The van der Waals surface area contributed by atoms with Crippen molar-refractivity contribution in [2.75, 3.05) is 0 Å². The first-order valence-corrected chi connectivity index (χ1v) is 6.65. The van der Waals surface area contributed by atoms with Gasteiger partial charge in [0.2, 0.25) is 0 Å². The molecule has 84 valence electrons. The third-order valence-electron chi connectivity index (χ3n) is 2.06. The number of hydrogen-bond donors (Lipinski definition) is 1. The standard InChI is InChI=1S/C10H6Cl2FNOS/c11-6-1-2-9(13)8(3-6)10-4-7(5-14-10)16(12)15/h1-5,14H. The van der Waals surface area contributed by atoms with Gasteiger partial charge in [-0.25, -0.2) is 8.60 Å². The minimum atomic E-state index is -1.61. The molecular formula is C10H6Cl2FNOS. The number of H-pyrrole nitrogens is 1. The molecule has 1 unspecified atom stereocenters. The highest BCUT2D eigenvalue weighted by Gasteiger charge is 2.10. The molecule has 16 heavy (non-hydrogen) atoms. The van der Waals surface area contributed by atoms with Gasteiger partial charge in [0.25, 0.3) is 0 Å². The molecule has 0 amide bonds. The van der Waals surface area contributed by atoms with Gasteiger partial charge < -0.3 is 4.98 Å². The molecule has 0 spiro atoms. The third-order valence-corrected chi connectivity index (χ3v) is 3.44. The van der Waals surface area contributed by atoms with Crippen molar-refractivity contribution in [1.82, 2.24) is 4.98 Å². The van der Waals surface area contributed by atoms with E-state index >= 15 is 0 Å². The Labute approximate surface area is 103 Å². The summed E-state index contributed by atoms with van der Waals surface area (Å²) >= 11 is 5.77. The monoisotopic (exact) mass is 277 g/mol. The van der Waals surface area contributed by atoms with Crippen LogP contribution in [0.5, 0.6) is 0 Å². The van der Waals surface area contributed by atoms with E-state index in [0.717, 1.165) is 0 Å². The van der Waals surface area contributed by atoms with Gasteiger partial charge >= 0.3 is 0 Å². The van der Waals surface area contributed by atoms with Crippen molar-refractivity contribution in [1.29, 1.82) is 0 Å². The Hall–Kier alpha value is -0.840. The molecule has 0 aliphatic carbocycles. The van der Waals surface area contributed by atoms with E-state index in [-0.39, 0.29) is 0 Å². The molecule has 0 saturated heterocycles. The fraction of sp³-hybridized carbons (Fsp3) is 0. The van der Waals surface area contributed by atoms with E-state index in [1.54, 1.807) is 0 Å². The predicted octanol–water partition coefficient (Wildman–Crippen LogP) is 3.74. The van der Waals surface area contributed by atoms with Crippen LogP contribution in [0.1, 0.15) is 0 Å². The highest BCUT2D eigenvalue weighted by molar-refractivity contribution is 8.08. The SMILES string of the molecule is O=S(Cl)c1c[nH]c(-c2cc(Cl)ccc2F)c1. The van der Waals surface area contributed by atoms with Crippen LogP contribution in [-0.4, -0.2) is 9.19 Å². The molecule has 2 aromatic rings. The molecule has 0 saturated carbocycles. The fourth-order valence-electron chi connectivity index (χ4n) is 1.33. The number of halogens is 3.